The molecule has 1 saturated carbocycles. The van der Waals surface area contributed by atoms with Crippen molar-refractivity contribution in [3.05, 3.63) is 42.1 Å². The van der Waals surface area contributed by atoms with Crippen molar-refractivity contribution in [2.24, 2.45) is 7.05 Å². The molecule has 1 saturated heterocycles. The number of anilines is 3. The van der Waals surface area contributed by atoms with Gasteiger partial charge in [-0.05, 0) is 49.9 Å². The molecule has 0 atom stereocenters. The molecular formula is C24H27N7O3. The lowest BCUT2D eigenvalue weighted by atomic mass is 10.0. The molecular weight excluding hydrogens is 434 g/mol. The van der Waals surface area contributed by atoms with E-state index in [9.17, 15) is 4.79 Å². The van der Waals surface area contributed by atoms with Gasteiger partial charge in [0.2, 0.25) is 5.88 Å². The molecule has 0 radical (unpaired) electrons. The molecule has 10 heteroatoms. The number of nitrogens with one attached hydrogen (secondary N) is 2. The van der Waals surface area contributed by atoms with Crippen molar-refractivity contribution in [2.45, 2.75) is 31.3 Å². The number of aryl methyl sites for hydroxylation is 1. The molecule has 2 amide bonds. The van der Waals surface area contributed by atoms with E-state index in [4.69, 9.17) is 19.4 Å². The van der Waals surface area contributed by atoms with Gasteiger partial charge < -0.3 is 19.7 Å². The van der Waals surface area contributed by atoms with E-state index >= 15 is 0 Å². The average molecular weight is 462 g/mol. The van der Waals surface area contributed by atoms with Crippen LogP contribution in [0.25, 0.3) is 11.4 Å². The number of nitrogens with zero attached hydrogens (tertiary/aromatic N) is 5. The number of hydrogen-bond acceptors (Lipinski definition) is 7. The maximum absolute atomic E-state index is 12.3. The van der Waals surface area contributed by atoms with Gasteiger partial charge in [0.25, 0.3) is 0 Å². The molecule has 1 aliphatic carbocycles. The van der Waals surface area contributed by atoms with Gasteiger partial charge in [-0.1, -0.05) is 0 Å². The fourth-order valence-electron chi connectivity index (χ4n) is 4.48. The number of carbonyl (C=O) groups is 1. The van der Waals surface area contributed by atoms with Crippen molar-refractivity contribution in [1.29, 1.82) is 0 Å². The molecule has 1 aromatic carbocycles. The minimum absolute atomic E-state index is 0.0182. The van der Waals surface area contributed by atoms with Crippen molar-refractivity contribution in [1.82, 2.24) is 19.7 Å². The largest absolute Gasteiger partial charge is 0.471 e. The Morgan fingerprint density at radius 1 is 1.03 bits per heavy atom. The summed E-state index contributed by atoms with van der Waals surface area (Å²) in [7, 11) is 1.80. The summed E-state index contributed by atoms with van der Waals surface area (Å²) in [5.74, 6) is 2.79. The van der Waals surface area contributed by atoms with E-state index in [2.05, 4.69) is 20.6 Å². The SMILES string of the molecule is Cn1ccc(NC(=O)Nc2ccc(-c3nc4c(c(N5CCOCC5)n3)CCC3(CC3)O4)cc2)n1. The molecule has 2 fully saturated rings. The Hall–Kier alpha value is -3.66. The first-order valence-corrected chi connectivity index (χ1v) is 11.7. The van der Waals surface area contributed by atoms with Gasteiger partial charge in [0, 0.05) is 43.7 Å². The second-order valence-electron chi connectivity index (χ2n) is 9.07. The normalized spacial score (nSPS) is 18.2. The number of aromatic nitrogens is 4. The van der Waals surface area contributed by atoms with Crippen LogP contribution in [-0.2, 0) is 18.2 Å². The van der Waals surface area contributed by atoms with Crippen LogP contribution in [0.15, 0.2) is 36.5 Å². The number of fused-ring (bicyclic) bond motifs is 1. The predicted molar refractivity (Wildman–Crippen MR) is 127 cm³/mol. The lowest BCUT2D eigenvalue weighted by molar-refractivity contribution is 0.121. The monoisotopic (exact) mass is 461 g/mol. The maximum Gasteiger partial charge on any atom is 0.324 e. The summed E-state index contributed by atoms with van der Waals surface area (Å²) in [5, 5.41) is 9.68. The van der Waals surface area contributed by atoms with Crippen LogP contribution in [0.2, 0.25) is 0 Å². The lowest BCUT2D eigenvalue weighted by Crippen LogP contribution is -2.38. The van der Waals surface area contributed by atoms with E-state index in [0.717, 1.165) is 55.7 Å². The Kier molecular flexibility index (Phi) is 5.09. The van der Waals surface area contributed by atoms with Gasteiger partial charge in [0.1, 0.15) is 11.4 Å². The van der Waals surface area contributed by atoms with Gasteiger partial charge in [-0.2, -0.15) is 10.1 Å². The van der Waals surface area contributed by atoms with Gasteiger partial charge in [0.15, 0.2) is 11.6 Å². The Bertz CT molecular complexity index is 1210. The van der Waals surface area contributed by atoms with E-state index in [-0.39, 0.29) is 11.6 Å². The molecule has 3 aromatic rings. The van der Waals surface area contributed by atoms with Crippen LogP contribution in [0.3, 0.4) is 0 Å². The third kappa shape index (κ3) is 4.16. The smallest absolute Gasteiger partial charge is 0.324 e. The Labute approximate surface area is 197 Å². The van der Waals surface area contributed by atoms with Crippen molar-refractivity contribution in [3.63, 3.8) is 0 Å². The Morgan fingerprint density at radius 3 is 2.53 bits per heavy atom. The van der Waals surface area contributed by atoms with Crippen LogP contribution in [0.1, 0.15) is 24.8 Å². The van der Waals surface area contributed by atoms with Crippen LogP contribution in [0, 0.1) is 0 Å². The van der Waals surface area contributed by atoms with E-state index in [0.29, 0.717) is 36.4 Å². The summed E-state index contributed by atoms with van der Waals surface area (Å²) in [6, 6.07) is 8.89. The lowest BCUT2D eigenvalue weighted by Gasteiger charge is -2.33. The molecule has 176 valence electrons. The highest BCUT2D eigenvalue weighted by Gasteiger charge is 2.48. The van der Waals surface area contributed by atoms with Crippen molar-refractivity contribution < 1.29 is 14.3 Å². The Morgan fingerprint density at radius 2 is 1.82 bits per heavy atom. The minimum atomic E-state index is -0.353. The number of urea groups is 1. The van der Waals surface area contributed by atoms with E-state index < -0.39 is 0 Å². The summed E-state index contributed by atoms with van der Waals surface area (Å²) in [6.45, 7) is 3.00. The average Bonchev–Trinajstić information content (AvgIpc) is 3.47. The number of rotatable bonds is 4. The number of amides is 2. The van der Waals surface area contributed by atoms with Gasteiger partial charge in [-0.25, -0.2) is 9.78 Å². The summed E-state index contributed by atoms with van der Waals surface area (Å²) < 4.78 is 13.6. The second-order valence-corrected chi connectivity index (χ2v) is 9.07. The fraction of sp³-hybridized carbons (Fsp3) is 0.417. The predicted octanol–water partition coefficient (Wildman–Crippen LogP) is 3.22. The van der Waals surface area contributed by atoms with Crippen LogP contribution in [0.4, 0.5) is 22.1 Å². The fourth-order valence-corrected chi connectivity index (χ4v) is 4.48. The molecule has 2 aromatic heterocycles. The van der Waals surface area contributed by atoms with Crippen molar-refractivity contribution >= 4 is 23.4 Å². The van der Waals surface area contributed by atoms with Crippen LogP contribution in [0.5, 0.6) is 5.88 Å². The van der Waals surface area contributed by atoms with E-state index in [1.165, 1.54) is 0 Å². The standard InChI is InChI=1S/C24H27N7O3/c1-30-11-7-19(29-30)26-23(32)25-17-4-2-16(3-5-17)20-27-21(31-12-14-33-15-13-31)18-6-8-24(9-10-24)34-22(18)28-20/h2-5,7,11H,6,8-10,12-15H2,1H3,(H2,25,26,29,32). The summed E-state index contributed by atoms with van der Waals surface area (Å²) >= 11 is 0. The topological polar surface area (TPSA) is 106 Å². The zero-order chi connectivity index (χ0) is 23.1. The van der Waals surface area contributed by atoms with Crippen LogP contribution < -0.4 is 20.3 Å². The van der Waals surface area contributed by atoms with Crippen molar-refractivity contribution in [3.8, 4) is 17.3 Å². The molecule has 6 rings (SSSR count). The molecule has 3 aliphatic rings. The molecule has 2 N–H and O–H groups in total. The number of ether oxygens (including phenoxy) is 2. The first kappa shape index (κ1) is 20.9. The third-order valence-corrected chi connectivity index (χ3v) is 6.57. The molecule has 1 spiro atoms. The first-order chi connectivity index (χ1) is 16.6. The number of benzene rings is 1. The highest BCUT2D eigenvalue weighted by atomic mass is 16.5. The van der Waals surface area contributed by atoms with Crippen LogP contribution in [-0.4, -0.2) is 57.7 Å². The van der Waals surface area contributed by atoms with Gasteiger partial charge >= 0.3 is 6.03 Å². The van der Waals surface area contributed by atoms with Crippen molar-refractivity contribution in [2.75, 3.05) is 41.8 Å². The van der Waals surface area contributed by atoms with Gasteiger partial charge in [-0.15, -0.1) is 0 Å². The van der Waals surface area contributed by atoms with E-state index in [1.54, 1.807) is 24.0 Å². The molecule has 2 aliphatic heterocycles. The summed E-state index contributed by atoms with van der Waals surface area (Å²) in [5.41, 5.74) is 2.62. The van der Waals surface area contributed by atoms with Gasteiger partial charge in [0.05, 0.1) is 18.8 Å². The molecule has 10 nitrogen and oxygen atoms in total. The Balaban J connectivity index is 1.24. The second kappa shape index (κ2) is 8.28. The number of hydrogen-bond donors (Lipinski definition) is 2. The summed E-state index contributed by atoms with van der Waals surface area (Å²) in [6.07, 6.45) is 5.93. The van der Waals surface area contributed by atoms with Gasteiger partial charge in [-0.3, -0.25) is 10.00 Å². The van der Waals surface area contributed by atoms with E-state index in [1.807, 2.05) is 24.3 Å². The minimum Gasteiger partial charge on any atom is -0.471 e. The zero-order valence-electron chi connectivity index (χ0n) is 19.1. The molecule has 4 heterocycles. The zero-order valence-corrected chi connectivity index (χ0v) is 19.1. The summed E-state index contributed by atoms with van der Waals surface area (Å²) in [4.78, 5) is 24.3. The quantitative estimate of drug-likeness (QED) is 0.614. The van der Waals surface area contributed by atoms with Crippen LogP contribution >= 0.6 is 0 Å². The maximum atomic E-state index is 12.3. The number of morpholine rings is 1. The highest BCUT2D eigenvalue weighted by Crippen LogP contribution is 2.49. The first-order valence-electron chi connectivity index (χ1n) is 11.7. The molecule has 0 bridgehead atoms. The molecule has 34 heavy (non-hydrogen) atoms. The third-order valence-electron chi connectivity index (χ3n) is 6.57. The number of carbonyl (C=O) groups excluding carboxylic acids is 1. The highest BCUT2D eigenvalue weighted by molar-refractivity contribution is 5.99. The molecule has 0 unspecified atom stereocenters.